The molecule has 0 aliphatic rings. The molecule has 27 heavy (non-hydrogen) atoms. The summed E-state index contributed by atoms with van der Waals surface area (Å²) in [5.41, 5.74) is 0.767. The van der Waals surface area contributed by atoms with E-state index in [1.54, 1.807) is 13.8 Å². The van der Waals surface area contributed by atoms with Gasteiger partial charge in [0.2, 0.25) is 0 Å². The summed E-state index contributed by atoms with van der Waals surface area (Å²) in [6.45, 7) is 20.5. The average molecular weight is 380 g/mol. The molecule has 0 aromatic carbocycles. The van der Waals surface area contributed by atoms with Crippen LogP contribution in [0.2, 0.25) is 0 Å². The van der Waals surface area contributed by atoms with Crippen LogP contribution in [-0.4, -0.2) is 42.8 Å². The van der Waals surface area contributed by atoms with Crippen molar-refractivity contribution in [2.45, 2.75) is 13.8 Å². The highest BCUT2D eigenvalue weighted by atomic mass is 16.5. The smallest absolute Gasteiger partial charge is 0.333 e. The van der Waals surface area contributed by atoms with Gasteiger partial charge >= 0.3 is 17.9 Å². The van der Waals surface area contributed by atoms with E-state index >= 15 is 0 Å². The third-order valence-corrected chi connectivity index (χ3v) is 1.96. The summed E-state index contributed by atoms with van der Waals surface area (Å²) in [6.07, 6.45) is 6.28. The number of rotatable bonds is 9. The van der Waals surface area contributed by atoms with Gasteiger partial charge in [0.05, 0.1) is 6.26 Å². The Balaban J connectivity index is -0.000000322. The van der Waals surface area contributed by atoms with E-state index in [0.717, 1.165) is 12.3 Å². The van der Waals surface area contributed by atoms with Gasteiger partial charge < -0.3 is 19.3 Å². The monoisotopic (exact) mass is 380 g/mol. The van der Waals surface area contributed by atoms with Crippen molar-refractivity contribution in [3.8, 4) is 0 Å². The molecule has 7 heteroatoms. The van der Waals surface area contributed by atoms with Crippen LogP contribution in [0.25, 0.3) is 0 Å². The van der Waals surface area contributed by atoms with Crippen molar-refractivity contribution < 1.29 is 33.7 Å². The molecule has 0 bridgehead atoms. The fraction of sp³-hybridized carbons (Fsp3) is 0.250. The molecular formula is C20H28O7. The molecule has 0 rings (SSSR count). The lowest BCUT2D eigenvalue weighted by atomic mass is 10.4. The Hall–Kier alpha value is -3.35. The number of esters is 3. The summed E-state index contributed by atoms with van der Waals surface area (Å²) in [5.74, 6) is -1.22. The molecule has 0 fully saturated rings. The van der Waals surface area contributed by atoms with Crippen LogP contribution >= 0.6 is 0 Å². The third-order valence-electron chi connectivity index (χ3n) is 1.96. The first-order valence-electron chi connectivity index (χ1n) is 7.63. The van der Waals surface area contributed by atoms with Crippen molar-refractivity contribution in [1.29, 1.82) is 0 Å². The Morgan fingerprint density at radius 1 is 0.815 bits per heavy atom. The first kappa shape index (κ1) is 28.5. The highest BCUT2D eigenvalue weighted by Gasteiger charge is 1.99. The van der Waals surface area contributed by atoms with Crippen LogP contribution in [0.3, 0.4) is 0 Å². The van der Waals surface area contributed by atoms with Gasteiger partial charge in [-0.1, -0.05) is 45.0 Å². The largest absolute Gasteiger partial charge is 0.516 e. The number of carbonyl (C=O) groups excluding carboxylic acids is 3. The van der Waals surface area contributed by atoms with Crippen LogP contribution in [0.4, 0.5) is 0 Å². The number of ether oxygens (including phenoxy) is 3. The lowest BCUT2D eigenvalue weighted by Crippen LogP contribution is -2.04. The van der Waals surface area contributed by atoms with E-state index < -0.39 is 11.9 Å². The van der Waals surface area contributed by atoms with Gasteiger partial charge in [-0.05, 0) is 19.9 Å². The topological polar surface area (TPSA) is 99.1 Å². The first-order valence-corrected chi connectivity index (χ1v) is 7.63. The summed E-state index contributed by atoms with van der Waals surface area (Å²) >= 11 is 0. The second-order valence-corrected chi connectivity index (χ2v) is 4.55. The molecule has 0 aromatic rings. The fourth-order valence-corrected chi connectivity index (χ4v) is 0.748. The van der Waals surface area contributed by atoms with Crippen LogP contribution in [0.5, 0.6) is 0 Å². The molecular weight excluding hydrogens is 352 g/mol. The molecule has 0 heterocycles. The van der Waals surface area contributed by atoms with E-state index in [4.69, 9.17) is 5.11 Å². The second kappa shape index (κ2) is 20.7. The van der Waals surface area contributed by atoms with Crippen molar-refractivity contribution in [1.82, 2.24) is 0 Å². The van der Waals surface area contributed by atoms with Gasteiger partial charge in [-0.3, -0.25) is 0 Å². The highest BCUT2D eigenvalue weighted by molar-refractivity contribution is 5.87. The molecule has 7 nitrogen and oxygen atoms in total. The normalized spacial score (nSPS) is 8.52. The maximum absolute atomic E-state index is 10.6. The molecule has 150 valence electrons. The molecule has 0 aliphatic carbocycles. The summed E-state index contributed by atoms with van der Waals surface area (Å²) in [6, 6.07) is 0. The summed E-state index contributed by atoms with van der Waals surface area (Å²) in [4.78, 5) is 31.3. The van der Waals surface area contributed by atoms with E-state index in [-0.39, 0.29) is 25.8 Å². The van der Waals surface area contributed by atoms with Crippen molar-refractivity contribution in [2.24, 2.45) is 0 Å². The van der Waals surface area contributed by atoms with Crippen LogP contribution in [0, 0.1) is 0 Å². The maximum Gasteiger partial charge on any atom is 0.333 e. The van der Waals surface area contributed by atoms with E-state index in [0.29, 0.717) is 11.1 Å². The van der Waals surface area contributed by atoms with Gasteiger partial charge in [0.25, 0.3) is 0 Å². The Labute approximate surface area is 160 Å². The quantitative estimate of drug-likeness (QED) is 0.215. The number of hydrogen-bond acceptors (Lipinski definition) is 7. The maximum atomic E-state index is 10.6. The summed E-state index contributed by atoms with van der Waals surface area (Å²) in [7, 11) is 0. The van der Waals surface area contributed by atoms with Gasteiger partial charge in [-0.2, -0.15) is 0 Å². The molecule has 0 unspecified atom stereocenters. The van der Waals surface area contributed by atoms with Crippen molar-refractivity contribution >= 4 is 17.9 Å². The van der Waals surface area contributed by atoms with Crippen molar-refractivity contribution in [3.05, 3.63) is 74.6 Å². The Morgan fingerprint density at radius 3 is 1.56 bits per heavy atom. The number of aliphatic hydroxyl groups excluding tert-OH is 1. The number of aliphatic hydroxyl groups is 1. The number of hydrogen-bond donors (Lipinski definition) is 1. The molecule has 0 spiro atoms. The van der Waals surface area contributed by atoms with E-state index in [1.807, 2.05) is 0 Å². The van der Waals surface area contributed by atoms with E-state index in [1.165, 1.54) is 18.2 Å². The number of carbonyl (C=O) groups is 3. The zero-order chi connectivity index (χ0) is 21.7. The highest BCUT2D eigenvalue weighted by Crippen LogP contribution is 1.91. The molecule has 1 N–H and O–H groups in total. The van der Waals surface area contributed by atoms with E-state index in [2.05, 4.69) is 47.1 Å². The predicted molar refractivity (Wildman–Crippen MR) is 105 cm³/mol. The van der Waals surface area contributed by atoms with Crippen LogP contribution < -0.4 is 0 Å². The lowest BCUT2D eigenvalue weighted by molar-refractivity contribution is -0.138. The van der Waals surface area contributed by atoms with Gasteiger partial charge in [0.1, 0.15) is 19.8 Å². The molecule has 0 saturated carbocycles. The fourth-order valence-electron chi connectivity index (χ4n) is 0.748. The van der Waals surface area contributed by atoms with Crippen molar-refractivity contribution in [3.63, 3.8) is 0 Å². The molecule has 0 amide bonds. The third kappa shape index (κ3) is 25.0. The van der Waals surface area contributed by atoms with Gasteiger partial charge in [-0.15, -0.1) is 0 Å². The van der Waals surface area contributed by atoms with Crippen LogP contribution in [0.15, 0.2) is 74.6 Å². The Kier molecular flexibility index (Phi) is 21.8. The van der Waals surface area contributed by atoms with Gasteiger partial charge in [0, 0.05) is 17.2 Å². The Bertz CT molecular complexity index is 557. The molecule has 0 saturated heterocycles. The minimum absolute atomic E-state index is 0.0855. The van der Waals surface area contributed by atoms with Crippen LogP contribution in [0.1, 0.15) is 13.8 Å². The standard InChI is InChI=1S/C7H10O3.C7H10O2.C6H8O2/c1-6(2)7(9)10-5-3-4-8;1-4-5-9-7(8)6(2)3;1-3-5-8-6(7)4-2/h3-4,8H,1,5H2,2H3;4H,1-2,5H2,3H3;3-4H,1-2,5H2. The van der Waals surface area contributed by atoms with E-state index in [9.17, 15) is 14.4 Å². The molecule has 0 atom stereocenters. The molecule has 0 aliphatic heterocycles. The van der Waals surface area contributed by atoms with Gasteiger partial charge in [-0.25, -0.2) is 14.4 Å². The lowest BCUT2D eigenvalue weighted by Gasteiger charge is -1.97. The second-order valence-electron chi connectivity index (χ2n) is 4.55. The Morgan fingerprint density at radius 2 is 1.22 bits per heavy atom. The zero-order valence-electron chi connectivity index (χ0n) is 15.9. The van der Waals surface area contributed by atoms with Crippen LogP contribution in [-0.2, 0) is 28.6 Å². The predicted octanol–water partition coefficient (Wildman–Crippen LogP) is 3.37. The minimum atomic E-state index is -0.446. The first-order chi connectivity index (χ1) is 12.7. The van der Waals surface area contributed by atoms with Gasteiger partial charge in [0.15, 0.2) is 0 Å². The zero-order valence-corrected chi connectivity index (χ0v) is 15.9. The summed E-state index contributed by atoms with van der Waals surface area (Å²) < 4.78 is 13.6. The van der Waals surface area contributed by atoms with Crippen molar-refractivity contribution in [2.75, 3.05) is 19.8 Å². The summed E-state index contributed by atoms with van der Waals surface area (Å²) in [5, 5.41) is 8.12. The SMILES string of the molecule is C=C(C)C(=O)OCC=CO.C=CCOC(=O)C(=C)C.C=CCOC(=O)C=C. The molecule has 0 aromatic heterocycles. The minimum Gasteiger partial charge on any atom is -0.516 e. The molecule has 0 radical (unpaired) electrons. The average Bonchev–Trinajstić information content (AvgIpc) is 2.64.